The van der Waals surface area contributed by atoms with E-state index in [1.807, 2.05) is 0 Å². The van der Waals surface area contributed by atoms with Gasteiger partial charge in [0.1, 0.15) is 0 Å². The van der Waals surface area contributed by atoms with Crippen LogP contribution in [0.2, 0.25) is 0 Å². The molecule has 90 valence electrons. The Hall–Kier alpha value is -1.30. The first-order valence-corrected chi connectivity index (χ1v) is 6.38. The van der Waals surface area contributed by atoms with Crippen molar-refractivity contribution >= 4 is 0 Å². The van der Waals surface area contributed by atoms with E-state index in [1.54, 1.807) is 0 Å². The molecular formula is C17H22. The molecule has 0 spiro atoms. The molecule has 1 aromatic carbocycles. The highest BCUT2D eigenvalue weighted by Crippen LogP contribution is 2.39. The van der Waals surface area contributed by atoms with Crippen LogP contribution in [0.3, 0.4) is 0 Å². The number of hydrogen-bond donors (Lipinski definition) is 0. The van der Waals surface area contributed by atoms with Crippen molar-refractivity contribution in [2.45, 2.75) is 46.5 Å². The lowest BCUT2D eigenvalue weighted by Crippen LogP contribution is -2.22. The van der Waals surface area contributed by atoms with Gasteiger partial charge in [-0.25, -0.2) is 0 Å². The Morgan fingerprint density at radius 3 is 2.24 bits per heavy atom. The van der Waals surface area contributed by atoms with E-state index in [0.29, 0.717) is 0 Å². The van der Waals surface area contributed by atoms with Crippen LogP contribution in [0.4, 0.5) is 0 Å². The zero-order chi connectivity index (χ0) is 12.6. The smallest absolute Gasteiger partial charge is 0.0117 e. The second-order valence-corrected chi connectivity index (χ2v) is 5.65. The van der Waals surface area contributed by atoms with Crippen LogP contribution >= 0.6 is 0 Å². The molecule has 0 saturated heterocycles. The molecule has 0 saturated carbocycles. The van der Waals surface area contributed by atoms with Gasteiger partial charge >= 0.3 is 0 Å². The number of benzene rings is 1. The quantitative estimate of drug-likeness (QED) is 0.681. The van der Waals surface area contributed by atoms with Gasteiger partial charge in [0.2, 0.25) is 0 Å². The summed E-state index contributed by atoms with van der Waals surface area (Å²) in [5, 5.41) is 0. The summed E-state index contributed by atoms with van der Waals surface area (Å²) >= 11 is 0. The number of rotatable bonds is 2. The number of allylic oxidation sites excluding steroid dienone is 4. The fourth-order valence-electron chi connectivity index (χ4n) is 2.98. The van der Waals surface area contributed by atoms with Gasteiger partial charge in [0.15, 0.2) is 0 Å². The van der Waals surface area contributed by atoms with Crippen molar-refractivity contribution in [3.8, 4) is 0 Å². The standard InChI is InChI=1S/C17H22/c1-12-10-11-13(2)16(14(12)3)17(4,5)15-8-6-7-9-15/h6-8,10-11H,9H2,1-5H3. The highest BCUT2D eigenvalue weighted by molar-refractivity contribution is 5.49. The van der Waals surface area contributed by atoms with Crippen molar-refractivity contribution < 1.29 is 0 Å². The van der Waals surface area contributed by atoms with Crippen LogP contribution in [0, 0.1) is 20.8 Å². The molecule has 0 heteroatoms. The van der Waals surface area contributed by atoms with Gasteiger partial charge in [-0.15, -0.1) is 0 Å². The topological polar surface area (TPSA) is 0 Å². The third kappa shape index (κ3) is 1.97. The summed E-state index contributed by atoms with van der Waals surface area (Å²) in [5.41, 5.74) is 7.42. The van der Waals surface area contributed by atoms with Crippen LogP contribution in [0.5, 0.6) is 0 Å². The molecule has 0 N–H and O–H groups in total. The normalized spacial score (nSPS) is 15.2. The molecule has 0 aliphatic heterocycles. The molecule has 17 heavy (non-hydrogen) atoms. The monoisotopic (exact) mass is 226 g/mol. The van der Waals surface area contributed by atoms with E-state index in [1.165, 1.54) is 27.8 Å². The third-order valence-electron chi connectivity index (χ3n) is 4.14. The summed E-state index contributed by atoms with van der Waals surface area (Å²) in [6, 6.07) is 4.48. The Labute approximate surface area is 105 Å². The molecule has 2 rings (SSSR count). The van der Waals surface area contributed by atoms with Crippen molar-refractivity contribution in [2.24, 2.45) is 0 Å². The minimum Gasteiger partial charge on any atom is -0.0804 e. The van der Waals surface area contributed by atoms with E-state index < -0.39 is 0 Å². The lowest BCUT2D eigenvalue weighted by molar-refractivity contribution is 0.604. The Bertz CT molecular complexity index is 499. The van der Waals surface area contributed by atoms with E-state index in [-0.39, 0.29) is 5.41 Å². The van der Waals surface area contributed by atoms with Gasteiger partial charge in [-0.1, -0.05) is 49.8 Å². The molecule has 0 unspecified atom stereocenters. The zero-order valence-electron chi connectivity index (χ0n) is 11.6. The van der Waals surface area contributed by atoms with Gasteiger partial charge < -0.3 is 0 Å². The molecule has 0 bridgehead atoms. The third-order valence-corrected chi connectivity index (χ3v) is 4.14. The van der Waals surface area contributed by atoms with E-state index in [0.717, 1.165) is 6.42 Å². The minimum atomic E-state index is 0.143. The maximum absolute atomic E-state index is 2.35. The predicted molar refractivity (Wildman–Crippen MR) is 75.5 cm³/mol. The largest absolute Gasteiger partial charge is 0.0804 e. The molecule has 1 aliphatic rings. The van der Waals surface area contributed by atoms with Gasteiger partial charge in [0.05, 0.1) is 0 Å². The summed E-state index contributed by atoms with van der Waals surface area (Å²) in [6.07, 6.45) is 7.80. The van der Waals surface area contributed by atoms with E-state index in [2.05, 4.69) is 65.0 Å². The average molecular weight is 226 g/mol. The van der Waals surface area contributed by atoms with Crippen LogP contribution in [0.15, 0.2) is 35.9 Å². The maximum atomic E-state index is 2.35. The molecular weight excluding hydrogens is 204 g/mol. The molecule has 0 atom stereocenters. The fraction of sp³-hybridized carbons (Fsp3) is 0.412. The van der Waals surface area contributed by atoms with Crippen LogP contribution in [-0.2, 0) is 5.41 Å². The van der Waals surface area contributed by atoms with Crippen molar-refractivity contribution in [2.75, 3.05) is 0 Å². The van der Waals surface area contributed by atoms with Gasteiger partial charge in [0.25, 0.3) is 0 Å². The highest BCUT2D eigenvalue weighted by Gasteiger charge is 2.29. The second kappa shape index (κ2) is 4.18. The Morgan fingerprint density at radius 1 is 1.00 bits per heavy atom. The molecule has 0 radical (unpaired) electrons. The van der Waals surface area contributed by atoms with Crippen molar-refractivity contribution in [1.29, 1.82) is 0 Å². The van der Waals surface area contributed by atoms with Crippen molar-refractivity contribution in [3.63, 3.8) is 0 Å². The van der Waals surface area contributed by atoms with E-state index >= 15 is 0 Å². The summed E-state index contributed by atoms with van der Waals surface area (Å²) in [7, 11) is 0. The van der Waals surface area contributed by atoms with E-state index in [9.17, 15) is 0 Å². The number of aryl methyl sites for hydroxylation is 2. The number of hydrogen-bond acceptors (Lipinski definition) is 0. The molecule has 0 aromatic heterocycles. The van der Waals surface area contributed by atoms with Gasteiger partial charge in [-0.2, -0.15) is 0 Å². The molecule has 1 aromatic rings. The first kappa shape index (κ1) is 12.2. The Kier molecular flexibility index (Phi) is 2.99. The molecule has 0 fully saturated rings. The molecule has 0 heterocycles. The Morgan fingerprint density at radius 2 is 1.65 bits per heavy atom. The lowest BCUT2D eigenvalue weighted by atomic mass is 9.73. The van der Waals surface area contributed by atoms with E-state index in [4.69, 9.17) is 0 Å². The van der Waals surface area contributed by atoms with Crippen LogP contribution in [-0.4, -0.2) is 0 Å². The molecule has 1 aliphatic carbocycles. The molecule has 0 nitrogen and oxygen atoms in total. The predicted octanol–water partition coefficient (Wildman–Crippen LogP) is 4.78. The van der Waals surface area contributed by atoms with Crippen molar-refractivity contribution in [3.05, 3.63) is 58.2 Å². The van der Waals surface area contributed by atoms with Crippen LogP contribution < -0.4 is 0 Å². The van der Waals surface area contributed by atoms with Gasteiger partial charge in [-0.05, 0) is 49.4 Å². The maximum Gasteiger partial charge on any atom is 0.0117 e. The first-order valence-electron chi connectivity index (χ1n) is 6.38. The van der Waals surface area contributed by atoms with Gasteiger partial charge in [0, 0.05) is 5.41 Å². The minimum absolute atomic E-state index is 0.143. The van der Waals surface area contributed by atoms with Crippen molar-refractivity contribution in [1.82, 2.24) is 0 Å². The summed E-state index contributed by atoms with van der Waals surface area (Å²) < 4.78 is 0. The Balaban J connectivity index is 2.56. The average Bonchev–Trinajstić information content (AvgIpc) is 2.77. The SMILES string of the molecule is Cc1ccc(C)c(C(C)(C)C2=CC=CC2)c1C. The lowest BCUT2D eigenvalue weighted by Gasteiger charge is -2.31. The summed E-state index contributed by atoms with van der Waals surface area (Å²) in [5.74, 6) is 0. The molecule has 0 amide bonds. The second-order valence-electron chi connectivity index (χ2n) is 5.65. The summed E-state index contributed by atoms with van der Waals surface area (Å²) in [4.78, 5) is 0. The zero-order valence-corrected chi connectivity index (χ0v) is 11.6. The van der Waals surface area contributed by atoms with Crippen LogP contribution in [0.1, 0.15) is 42.5 Å². The highest BCUT2D eigenvalue weighted by atomic mass is 14.3. The van der Waals surface area contributed by atoms with Crippen LogP contribution in [0.25, 0.3) is 0 Å². The first-order chi connectivity index (χ1) is 7.94. The van der Waals surface area contributed by atoms with Gasteiger partial charge in [-0.3, -0.25) is 0 Å². The fourth-order valence-corrected chi connectivity index (χ4v) is 2.98. The summed E-state index contributed by atoms with van der Waals surface area (Å²) in [6.45, 7) is 11.4.